The molecule has 0 heterocycles. The van der Waals surface area contributed by atoms with Crippen molar-refractivity contribution in [3.63, 3.8) is 0 Å². The molecule has 27 heavy (non-hydrogen) atoms. The number of hydrogen-bond donors (Lipinski definition) is 0. The van der Waals surface area contributed by atoms with Crippen LogP contribution in [0.1, 0.15) is 24.2 Å². The van der Waals surface area contributed by atoms with Gasteiger partial charge in [-0.25, -0.2) is 4.79 Å². The van der Waals surface area contributed by atoms with Crippen molar-refractivity contribution in [2.24, 2.45) is 0 Å². The monoisotopic (exact) mass is 460 g/mol. The third-order valence-corrected chi connectivity index (χ3v) is 16.6. The van der Waals surface area contributed by atoms with Crippen LogP contribution in [0.2, 0.25) is 59.0 Å². The maximum Gasteiger partial charge on any atom is 0.346 e. The molecule has 0 saturated heterocycles. The summed E-state index contributed by atoms with van der Waals surface area (Å²) in [6.45, 7) is 18.3. The maximum absolute atomic E-state index is 13.0. The van der Waals surface area contributed by atoms with Gasteiger partial charge in [-0.3, -0.25) is 0 Å². The van der Waals surface area contributed by atoms with Crippen LogP contribution in [0.3, 0.4) is 0 Å². The second kappa shape index (κ2) is 7.38. The Morgan fingerprint density at radius 2 is 1.37 bits per heavy atom. The smallest absolute Gasteiger partial charge is 0.346 e. The molecule has 7 heteroatoms. The van der Waals surface area contributed by atoms with Gasteiger partial charge in [0.1, 0.15) is 5.76 Å². The lowest BCUT2D eigenvalue weighted by Crippen LogP contribution is -2.56. The molecule has 0 fully saturated rings. The number of carbonyl (C=O) groups excluding carboxylic acids is 1. The maximum atomic E-state index is 13.0. The van der Waals surface area contributed by atoms with Crippen LogP contribution in [0.5, 0.6) is 0 Å². The number of allylic oxidation sites excluding steroid dienone is 3. The largest absolute Gasteiger partial charge is 0.427 e. The molecule has 0 bridgehead atoms. The van der Waals surface area contributed by atoms with Crippen molar-refractivity contribution in [2.75, 3.05) is 0 Å². The van der Waals surface area contributed by atoms with Crippen molar-refractivity contribution >= 4 is 56.9 Å². The highest BCUT2D eigenvalue weighted by Crippen LogP contribution is 2.62. The summed E-state index contributed by atoms with van der Waals surface area (Å²) in [6, 6.07) is 3.02. The molecular formula is C20H27Cl3O2Si2. The SMILES string of the molecule is CC1=C(C)C([Si](C)(C)C)([Si](C)(C)C)C(OC(=O)c2c(Cl)cc(Cl)cc2Cl)=C1. The standard InChI is InChI=1S/C20H27Cl3O2Si2/c1-12-9-17(20(13(12)2,26(3,4)5)27(6,7)8)25-19(24)18-15(22)10-14(21)11-16(18)23/h9-11H,1-8H3. The Kier molecular flexibility index (Phi) is 6.22. The summed E-state index contributed by atoms with van der Waals surface area (Å²) >= 11 is 18.5. The first-order valence-electron chi connectivity index (χ1n) is 8.91. The van der Waals surface area contributed by atoms with E-state index in [1.54, 1.807) is 0 Å². The number of rotatable bonds is 4. The molecule has 0 aliphatic heterocycles. The predicted octanol–water partition coefficient (Wildman–Crippen LogP) is 7.99. The Hall–Kier alpha value is -0.526. The molecule has 0 saturated carbocycles. The van der Waals surface area contributed by atoms with Crippen LogP contribution in [-0.4, -0.2) is 22.1 Å². The zero-order valence-corrected chi connectivity index (χ0v) is 21.5. The molecule has 1 aliphatic rings. The van der Waals surface area contributed by atoms with E-state index in [0.29, 0.717) is 5.02 Å². The molecule has 0 N–H and O–H groups in total. The van der Waals surface area contributed by atoms with Gasteiger partial charge in [0.25, 0.3) is 0 Å². The quantitative estimate of drug-likeness (QED) is 0.335. The topological polar surface area (TPSA) is 26.3 Å². The van der Waals surface area contributed by atoms with Crippen molar-refractivity contribution in [3.05, 3.63) is 55.7 Å². The summed E-state index contributed by atoms with van der Waals surface area (Å²) in [5.74, 6) is 0.221. The summed E-state index contributed by atoms with van der Waals surface area (Å²) in [5, 5.41) is 0.779. The Balaban J connectivity index is 2.59. The van der Waals surface area contributed by atoms with Gasteiger partial charge >= 0.3 is 5.97 Å². The van der Waals surface area contributed by atoms with Gasteiger partial charge in [-0.1, -0.05) is 79.7 Å². The predicted molar refractivity (Wildman–Crippen MR) is 123 cm³/mol. The van der Waals surface area contributed by atoms with Crippen LogP contribution in [0.15, 0.2) is 35.1 Å². The zero-order valence-electron chi connectivity index (χ0n) is 17.2. The minimum absolute atomic E-state index is 0.158. The van der Waals surface area contributed by atoms with E-state index in [-0.39, 0.29) is 20.3 Å². The van der Waals surface area contributed by atoms with Gasteiger partial charge in [0.15, 0.2) is 0 Å². The van der Waals surface area contributed by atoms with Crippen molar-refractivity contribution in [2.45, 2.75) is 57.8 Å². The van der Waals surface area contributed by atoms with E-state index in [1.807, 2.05) is 6.08 Å². The molecule has 0 amide bonds. The lowest BCUT2D eigenvalue weighted by atomic mass is 10.2. The number of esters is 1. The van der Waals surface area contributed by atoms with Crippen LogP contribution in [0.4, 0.5) is 0 Å². The second-order valence-electron chi connectivity index (χ2n) is 9.20. The minimum Gasteiger partial charge on any atom is -0.427 e. The summed E-state index contributed by atoms with van der Waals surface area (Å²) in [6.07, 6.45) is 2.03. The van der Waals surface area contributed by atoms with Crippen LogP contribution in [0.25, 0.3) is 0 Å². The average molecular weight is 462 g/mol. The molecule has 2 rings (SSSR count). The third kappa shape index (κ3) is 3.71. The van der Waals surface area contributed by atoms with Crippen LogP contribution in [-0.2, 0) is 4.74 Å². The van der Waals surface area contributed by atoms with Crippen LogP contribution in [0, 0.1) is 0 Å². The Morgan fingerprint density at radius 1 is 0.926 bits per heavy atom. The molecule has 0 atom stereocenters. The number of halogens is 3. The van der Waals surface area contributed by atoms with Gasteiger partial charge in [0.05, 0.1) is 31.8 Å². The van der Waals surface area contributed by atoms with Gasteiger partial charge in [-0.05, 0) is 37.6 Å². The highest BCUT2D eigenvalue weighted by molar-refractivity contribution is 7.00. The highest BCUT2D eigenvalue weighted by Gasteiger charge is 2.59. The molecule has 2 nitrogen and oxygen atoms in total. The van der Waals surface area contributed by atoms with E-state index in [2.05, 4.69) is 53.1 Å². The number of benzene rings is 1. The molecular weight excluding hydrogens is 435 g/mol. The normalized spacial score (nSPS) is 17.2. The molecule has 148 valence electrons. The first-order valence-corrected chi connectivity index (χ1v) is 17.0. The summed E-state index contributed by atoms with van der Waals surface area (Å²) in [4.78, 5) is 13.0. The summed E-state index contributed by atoms with van der Waals surface area (Å²) in [7, 11) is -3.62. The van der Waals surface area contributed by atoms with Gasteiger partial charge in [0.2, 0.25) is 0 Å². The van der Waals surface area contributed by atoms with E-state index in [9.17, 15) is 4.79 Å². The van der Waals surface area contributed by atoms with Crippen molar-refractivity contribution in [1.29, 1.82) is 0 Å². The van der Waals surface area contributed by atoms with Gasteiger partial charge in [0, 0.05) is 9.68 Å². The van der Waals surface area contributed by atoms with E-state index in [1.165, 1.54) is 23.3 Å². The Bertz CT molecular complexity index is 822. The summed E-state index contributed by atoms with van der Waals surface area (Å²) < 4.78 is 5.87. The fraction of sp³-hybridized carbons (Fsp3) is 0.450. The lowest BCUT2D eigenvalue weighted by molar-refractivity contribution is 0.0613. The highest BCUT2D eigenvalue weighted by atomic mass is 35.5. The van der Waals surface area contributed by atoms with E-state index < -0.39 is 22.1 Å². The van der Waals surface area contributed by atoms with Crippen molar-refractivity contribution in [1.82, 2.24) is 0 Å². The molecule has 0 spiro atoms. The number of hydrogen-bond acceptors (Lipinski definition) is 2. The molecule has 1 aromatic carbocycles. The minimum atomic E-state index is -1.81. The fourth-order valence-electron chi connectivity index (χ4n) is 4.88. The van der Waals surface area contributed by atoms with Gasteiger partial charge in [-0.2, -0.15) is 0 Å². The van der Waals surface area contributed by atoms with Gasteiger partial charge < -0.3 is 4.74 Å². The molecule has 0 radical (unpaired) electrons. The molecule has 1 aromatic rings. The first-order chi connectivity index (χ1) is 12.1. The van der Waals surface area contributed by atoms with Crippen molar-refractivity contribution in [3.8, 4) is 0 Å². The Labute approximate surface area is 179 Å². The third-order valence-electron chi connectivity index (χ3n) is 5.53. The van der Waals surface area contributed by atoms with E-state index in [0.717, 1.165) is 5.76 Å². The average Bonchev–Trinajstić information content (AvgIpc) is 2.68. The molecule has 1 aliphatic carbocycles. The van der Waals surface area contributed by atoms with Crippen LogP contribution >= 0.6 is 34.8 Å². The second-order valence-corrected chi connectivity index (χ2v) is 21.5. The number of ether oxygens (including phenoxy) is 1. The zero-order chi connectivity index (χ0) is 20.9. The number of carbonyl (C=O) groups is 1. The van der Waals surface area contributed by atoms with Crippen molar-refractivity contribution < 1.29 is 9.53 Å². The summed E-state index contributed by atoms with van der Waals surface area (Å²) in [5.41, 5.74) is 2.67. The first kappa shape index (κ1) is 22.8. The van der Waals surface area contributed by atoms with Crippen LogP contribution < -0.4 is 0 Å². The van der Waals surface area contributed by atoms with E-state index in [4.69, 9.17) is 39.5 Å². The Morgan fingerprint density at radius 3 is 1.78 bits per heavy atom. The fourth-order valence-corrected chi connectivity index (χ4v) is 19.2. The van der Waals surface area contributed by atoms with Gasteiger partial charge in [-0.15, -0.1) is 0 Å². The van der Waals surface area contributed by atoms with E-state index >= 15 is 0 Å². The molecule has 0 unspecified atom stereocenters. The molecule has 0 aromatic heterocycles. The lowest BCUT2D eigenvalue weighted by Gasteiger charge is -2.51.